The highest BCUT2D eigenvalue weighted by atomic mass is 19.1. The zero-order valence-electron chi connectivity index (χ0n) is 16.5. The van der Waals surface area contributed by atoms with Crippen molar-refractivity contribution < 1.29 is 4.39 Å². The number of guanidine groups is 1. The van der Waals surface area contributed by atoms with Crippen LogP contribution in [0.2, 0.25) is 0 Å². The highest BCUT2D eigenvalue weighted by Crippen LogP contribution is 2.48. The van der Waals surface area contributed by atoms with Gasteiger partial charge in [0, 0.05) is 37.1 Å². The summed E-state index contributed by atoms with van der Waals surface area (Å²) in [6.07, 6.45) is 9.10. The zero-order valence-corrected chi connectivity index (χ0v) is 16.5. The Morgan fingerprint density at radius 2 is 2.07 bits per heavy atom. The van der Waals surface area contributed by atoms with Crippen LogP contribution in [-0.2, 0) is 12.0 Å². The minimum absolute atomic E-state index is 0.127. The second-order valence-corrected chi connectivity index (χ2v) is 7.30. The molecule has 1 fully saturated rings. The molecule has 0 atom stereocenters. The van der Waals surface area contributed by atoms with Crippen molar-refractivity contribution in [3.05, 3.63) is 78.3 Å². The first kappa shape index (κ1) is 19.1. The molecule has 0 radical (unpaired) electrons. The van der Waals surface area contributed by atoms with Crippen molar-refractivity contribution in [1.82, 2.24) is 25.2 Å². The van der Waals surface area contributed by atoms with Gasteiger partial charge in [-0.3, -0.25) is 4.57 Å². The highest BCUT2D eigenvalue weighted by Gasteiger charge is 2.45. The number of halogens is 1. The minimum Gasteiger partial charge on any atom is -0.357 e. The van der Waals surface area contributed by atoms with E-state index in [1.165, 1.54) is 6.07 Å². The van der Waals surface area contributed by atoms with E-state index in [4.69, 9.17) is 0 Å². The third-order valence-electron chi connectivity index (χ3n) is 5.24. The number of aliphatic imine (C=N–C) groups is 1. The highest BCUT2D eigenvalue weighted by molar-refractivity contribution is 5.80. The molecule has 2 aromatic heterocycles. The molecule has 4 rings (SSSR count). The van der Waals surface area contributed by atoms with E-state index < -0.39 is 0 Å². The second kappa shape index (κ2) is 8.43. The number of hydrogen-bond acceptors (Lipinski definition) is 3. The fraction of sp³-hybridized carbons (Fsp3) is 0.318. The summed E-state index contributed by atoms with van der Waals surface area (Å²) in [6.45, 7) is 3.97. The van der Waals surface area contributed by atoms with Crippen LogP contribution in [0.5, 0.6) is 0 Å². The van der Waals surface area contributed by atoms with Crippen LogP contribution >= 0.6 is 0 Å². The Kier molecular flexibility index (Phi) is 5.55. The summed E-state index contributed by atoms with van der Waals surface area (Å²) in [5, 5.41) is 6.66. The molecule has 1 aromatic carbocycles. The summed E-state index contributed by atoms with van der Waals surface area (Å²) in [5.41, 5.74) is 1.68. The molecular formula is C22H25FN6. The van der Waals surface area contributed by atoms with Crippen LogP contribution in [0.1, 0.15) is 30.9 Å². The summed E-state index contributed by atoms with van der Waals surface area (Å²) in [7, 11) is 0. The van der Waals surface area contributed by atoms with E-state index in [0.717, 1.165) is 42.3 Å². The lowest BCUT2D eigenvalue weighted by molar-refractivity contribution is 0.559. The molecule has 1 saturated carbocycles. The van der Waals surface area contributed by atoms with Gasteiger partial charge >= 0.3 is 0 Å². The molecule has 29 heavy (non-hydrogen) atoms. The third kappa shape index (κ3) is 4.45. The maximum atomic E-state index is 14.2. The van der Waals surface area contributed by atoms with Crippen LogP contribution in [0.25, 0.3) is 5.82 Å². The van der Waals surface area contributed by atoms with Crippen molar-refractivity contribution in [2.24, 2.45) is 4.99 Å². The maximum absolute atomic E-state index is 14.2. The number of pyridine rings is 1. The van der Waals surface area contributed by atoms with Gasteiger partial charge in [-0.25, -0.2) is 19.4 Å². The van der Waals surface area contributed by atoms with E-state index in [1.807, 2.05) is 48.1 Å². The van der Waals surface area contributed by atoms with Crippen LogP contribution in [0.3, 0.4) is 0 Å². The van der Waals surface area contributed by atoms with Crippen molar-refractivity contribution in [1.29, 1.82) is 0 Å². The number of rotatable bonds is 7. The van der Waals surface area contributed by atoms with E-state index in [9.17, 15) is 4.39 Å². The number of nitrogens with zero attached hydrogens (tertiary/aromatic N) is 4. The molecule has 0 amide bonds. The van der Waals surface area contributed by atoms with Crippen LogP contribution in [0.15, 0.2) is 66.3 Å². The van der Waals surface area contributed by atoms with E-state index in [-0.39, 0.29) is 11.2 Å². The van der Waals surface area contributed by atoms with Crippen molar-refractivity contribution in [2.45, 2.75) is 31.7 Å². The number of nitrogens with one attached hydrogen (secondary N) is 2. The van der Waals surface area contributed by atoms with Gasteiger partial charge in [0.05, 0.1) is 6.54 Å². The second-order valence-electron chi connectivity index (χ2n) is 7.30. The summed E-state index contributed by atoms with van der Waals surface area (Å²) in [6, 6.07) is 11.0. The van der Waals surface area contributed by atoms with E-state index >= 15 is 0 Å². The first-order chi connectivity index (χ1) is 14.2. The predicted octanol–water partition coefficient (Wildman–Crippen LogP) is 3.19. The predicted molar refractivity (Wildman–Crippen MR) is 111 cm³/mol. The Balaban J connectivity index is 1.40. The van der Waals surface area contributed by atoms with E-state index in [2.05, 4.69) is 25.6 Å². The number of imidazole rings is 1. The molecule has 7 heteroatoms. The SMILES string of the molecule is CCNC(=NCc1ccc(-n2ccnc2)nc1)NCC1(c2ccccc2F)CC1. The standard InChI is InChI=1S/C22H25FN6/c1-2-25-21(28-15-22(9-10-22)18-5-3-4-6-19(18)23)27-14-17-7-8-20(26-13-17)29-12-11-24-16-29/h3-8,11-13,16H,2,9-10,14-15H2,1H3,(H2,25,27,28). The Bertz CT molecular complexity index is 961. The summed E-state index contributed by atoms with van der Waals surface area (Å²) >= 11 is 0. The number of aromatic nitrogens is 3. The molecule has 0 spiro atoms. The lowest BCUT2D eigenvalue weighted by atomic mass is 9.95. The fourth-order valence-electron chi connectivity index (χ4n) is 3.41. The minimum atomic E-state index is -0.129. The van der Waals surface area contributed by atoms with Gasteiger partial charge in [0.2, 0.25) is 0 Å². The van der Waals surface area contributed by atoms with Gasteiger partial charge < -0.3 is 10.6 Å². The van der Waals surface area contributed by atoms with Crippen molar-refractivity contribution in [3.8, 4) is 5.82 Å². The molecule has 0 unspecified atom stereocenters. The van der Waals surface area contributed by atoms with E-state index in [1.54, 1.807) is 18.6 Å². The number of hydrogen-bond donors (Lipinski definition) is 2. The Morgan fingerprint density at radius 1 is 1.21 bits per heavy atom. The van der Waals surface area contributed by atoms with Crippen molar-refractivity contribution in [2.75, 3.05) is 13.1 Å². The quantitative estimate of drug-likeness (QED) is 0.479. The average Bonchev–Trinajstić information content (AvgIpc) is 3.32. The third-order valence-corrected chi connectivity index (χ3v) is 5.24. The van der Waals surface area contributed by atoms with Gasteiger partial charge in [-0.15, -0.1) is 0 Å². The summed E-state index contributed by atoms with van der Waals surface area (Å²) in [5.74, 6) is 1.42. The normalized spacial score (nSPS) is 15.2. The lowest BCUT2D eigenvalue weighted by Gasteiger charge is -2.19. The van der Waals surface area contributed by atoms with Gasteiger partial charge in [-0.2, -0.15) is 0 Å². The lowest BCUT2D eigenvalue weighted by Crippen LogP contribution is -2.41. The first-order valence-electron chi connectivity index (χ1n) is 9.91. The molecule has 0 saturated heterocycles. The van der Waals surface area contributed by atoms with E-state index in [0.29, 0.717) is 13.1 Å². The summed E-state index contributed by atoms with van der Waals surface area (Å²) < 4.78 is 16.1. The van der Waals surface area contributed by atoms with Gasteiger partial charge in [0.1, 0.15) is 18.0 Å². The van der Waals surface area contributed by atoms with Gasteiger partial charge in [-0.1, -0.05) is 24.3 Å². The topological polar surface area (TPSA) is 67.1 Å². The fourth-order valence-corrected chi connectivity index (χ4v) is 3.41. The van der Waals surface area contributed by atoms with Crippen molar-refractivity contribution in [3.63, 3.8) is 0 Å². The number of benzene rings is 1. The Hall–Kier alpha value is -3.22. The molecule has 2 heterocycles. The maximum Gasteiger partial charge on any atom is 0.191 e. The van der Waals surface area contributed by atoms with Crippen LogP contribution < -0.4 is 10.6 Å². The largest absolute Gasteiger partial charge is 0.357 e. The molecule has 6 nitrogen and oxygen atoms in total. The monoisotopic (exact) mass is 392 g/mol. The molecular weight excluding hydrogens is 367 g/mol. The molecule has 2 N–H and O–H groups in total. The molecule has 150 valence electrons. The smallest absolute Gasteiger partial charge is 0.191 e. The average molecular weight is 392 g/mol. The summed E-state index contributed by atoms with van der Waals surface area (Å²) in [4.78, 5) is 13.2. The molecule has 3 aromatic rings. The van der Waals surface area contributed by atoms with Gasteiger partial charge in [0.25, 0.3) is 0 Å². The molecule has 0 aliphatic heterocycles. The Labute approximate surface area is 169 Å². The van der Waals surface area contributed by atoms with Crippen molar-refractivity contribution >= 4 is 5.96 Å². The molecule has 1 aliphatic carbocycles. The van der Waals surface area contributed by atoms with Crippen LogP contribution in [0, 0.1) is 5.82 Å². The Morgan fingerprint density at radius 3 is 2.72 bits per heavy atom. The molecule has 1 aliphatic rings. The van der Waals surface area contributed by atoms with Gasteiger partial charge in [-0.05, 0) is 43.0 Å². The molecule has 0 bridgehead atoms. The van der Waals surface area contributed by atoms with Crippen LogP contribution in [0.4, 0.5) is 4.39 Å². The van der Waals surface area contributed by atoms with Crippen LogP contribution in [-0.4, -0.2) is 33.6 Å². The van der Waals surface area contributed by atoms with Gasteiger partial charge in [0.15, 0.2) is 5.96 Å². The zero-order chi connectivity index (χ0) is 20.1. The first-order valence-corrected chi connectivity index (χ1v) is 9.91.